The van der Waals surface area contributed by atoms with E-state index in [1.165, 1.54) is 36.2 Å². The number of amides is 2. The standard InChI is InChI=1S/C30H30N4O6/c1-18-12-19(2)14-21(13-18)29(36)33(3)27(15-20-8-10-23(11-9-20)34(39)40)28(35)32-26(30(37)38)16-22-17-31-25-7-5-4-6-24(22)25/h4-14,17,26-27,31H,15-16H2,1-3H3,(H,32,35)(H,37,38)/t26-,27-/m0/s1. The Morgan fingerprint density at radius 1 is 1.00 bits per heavy atom. The molecule has 3 aromatic carbocycles. The molecule has 0 saturated heterocycles. The van der Waals surface area contributed by atoms with Gasteiger partial charge in [0.2, 0.25) is 5.91 Å². The van der Waals surface area contributed by atoms with Crippen molar-refractivity contribution in [3.8, 4) is 0 Å². The van der Waals surface area contributed by atoms with Crippen LogP contribution in [0.15, 0.2) is 72.9 Å². The highest BCUT2D eigenvalue weighted by molar-refractivity contribution is 5.98. The number of aromatic amines is 1. The highest BCUT2D eigenvalue weighted by Gasteiger charge is 2.32. The zero-order valence-corrected chi connectivity index (χ0v) is 22.4. The first kappa shape index (κ1) is 28.0. The number of fused-ring (bicyclic) bond motifs is 1. The molecule has 2 atom stereocenters. The van der Waals surface area contributed by atoms with Gasteiger partial charge < -0.3 is 20.3 Å². The molecule has 10 nitrogen and oxygen atoms in total. The van der Waals surface area contributed by atoms with Gasteiger partial charge in [0.25, 0.3) is 11.6 Å². The number of para-hydroxylation sites is 1. The van der Waals surface area contributed by atoms with Crippen molar-refractivity contribution >= 4 is 34.4 Å². The number of aromatic nitrogens is 1. The first-order valence-corrected chi connectivity index (χ1v) is 12.7. The lowest BCUT2D eigenvalue weighted by Crippen LogP contribution is -2.53. The van der Waals surface area contributed by atoms with E-state index in [0.717, 1.165) is 27.6 Å². The number of hydrogen-bond donors (Lipinski definition) is 3. The molecule has 0 aliphatic heterocycles. The van der Waals surface area contributed by atoms with E-state index in [9.17, 15) is 29.6 Å². The molecule has 0 fully saturated rings. The van der Waals surface area contributed by atoms with Crippen LogP contribution >= 0.6 is 0 Å². The van der Waals surface area contributed by atoms with E-state index in [2.05, 4.69) is 10.3 Å². The summed E-state index contributed by atoms with van der Waals surface area (Å²) in [4.78, 5) is 54.3. The third-order valence-corrected chi connectivity index (χ3v) is 6.85. The number of nitrogens with one attached hydrogen (secondary N) is 2. The van der Waals surface area contributed by atoms with Crippen LogP contribution < -0.4 is 5.32 Å². The van der Waals surface area contributed by atoms with E-state index in [1.54, 1.807) is 18.3 Å². The minimum Gasteiger partial charge on any atom is -0.480 e. The van der Waals surface area contributed by atoms with Gasteiger partial charge in [0.15, 0.2) is 0 Å². The van der Waals surface area contributed by atoms with Crippen LogP contribution in [0.1, 0.15) is 32.6 Å². The third kappa shape index (κ3) is 6.35. The highest BCUT2D eigenvalue weighted by atomic mass is 16.6. The fraction of sp³-hybridized carbons (Fsp3) is 0.233. The summed E-state index contributed by atoms with van der Waals surface area (Å²) in [6, 6.07) is 16.2. The second-order valence-electron chi connectivity index (χ2n) is 9.90. The molecule has 10 heteroatoms. The largest absolute Gasteiger partial charge is 0.480 e. The lowest BCUT2D eigenvalue weighted by molar-refractivity contribution is -0.384. The second-order valence-corrected chi connectivity index (χ2v) is 9.90. The number of carboxylic acid groups (broad SMARTS) is 1. The number of aryl methyl sites for hydroxylation is 2. The molecule has 0 saturated carbocycles. The molecule has 0 aliphatic rings. The molecule has 0 aliphatic carbocycles. The number of nitro benzene ring substituents is 1. The molecular formula is C30H30N4O6. The van der Waals surface area contributed by atoms with Gasteiger partial charge >= 0.3 is 5.97 Å². The van der Waals surface area contributed by atoms with Crippen molar-refractivity contribution in [3.05, 3.63) is 111 Å². The summed E-state index contributed by atoms with van der Waals surface area (Å²) in [5.41, 5.74) is 4.23. The number of carbonyl (C=O) groups excluding carboxylic acids is 2. The third-order valence-electron chi connectivity index (χ3n) is 6.85. The molecule has 3 N–H and O–H groups in total. The number of H-pyrrole nitrogens is 1. The fourth-order valence-electron chi connectivity index (χ4n) is 4.81. The van der Waals surface area contributed by atoms with Crippen LogP contribution in [0.4, 0.5) is 5.69 Å². The predicted molar refractivity (Wildman–Crippen MR) is 150 cm³/mol. The van der Waals surface area contributed by atoms with Crippen molar-refractivity contribution in [1.29, 1.82) is 0 Å². The average Bonchev–Trinajstić information content (AvgIpc) is 3.32. The molecule has 0 spiro atoms. The maximum Gasteiger partial charge on any atom is 0.326 e. The first-order valence-electron chi connectivity index (χ1n) is 12.7. The molecule has 0 bridgehead atoms. The summed E-state index contributed by atoms with van der Waals surface area (Å²) in [7, 11) is 1.49. The summed E-state index contributed by atoms with van der Waals surface area (Å²) < 4.78 is 0. The smallest absolute Gasteiger partial charge is 0.326 e. The summed E-state index contributed by atoms with van der Waals surface area (Å²) in [6.07, 6.45) is 1.78. The van der Waals surface area contributed by atoms with Gasteiger partial charge in [-0.2, -0.15) is 0 Å². The second kappa shape index (κ2) is 11.8. The number of aliphatic carboxylic acids is 1. The van der Waals surface area contributed by atoms with Crippen molar-refractivity contribution in [2.75, 3.05) is 7.05 Å². The Morgan fingerprint density at radius 2 is 1.65 bits per heavy atom. The molecule has 206 valence electrons. The summed E-state index contributed by atoms with van der Waals surface area (Å²) in [5, 5.41) is 24.5. The lowest BCUT2D eigenvalue weighted by Gasteiger charge is -2.29. The van der Waals surface area contributed by atoms with Gasteiger partial charge in [0.05, 0.1) is 4.92 Å². The van der Waals surface area contributed by atoms with Gasteiger partial charge in [0.1, 0.15) is 12.1 Å². The zero-order chi connectivity index (χ0) is 29.0. The number of carboxylic acids is 1. The highest BCUT2D eigenvalue weighted by Crippen LogP contribution is 2.21. The maximum atomic E-state index is 13.7. The lowest BCUT2D eigenvalue weighted by atomic mass is 10.0. The Bertz CT molecular complexity index is 1560. The number of non-ortho nitro benzene ring substituents is 1. The van der Waals surface area contributed by atoms with Crippen LogP contribution in [0.5, 0.6) is 0 Å². The van der Waals surface area contributed by atoms with Gasteiger partial charge in [0, 0.05) is 54.7 Å². The quantitative estimate of drug-likeness (QED) is 0.202. The molecule has 1 heterocycles. The van der Waals surface area contributed by atoms with Gasteiger partial charge in [-0.15, -0.1) is 0 Å². The van der Waals surface area contributed by atoms with Crippen molar-refractivity contribution < 1.29 is 24.4 Å². The monoisotopic (exact) mass is 542 g/mol. The summed E-state index contributed by atoms with van der Waals surface area (Å²) in [6.45, 7) is 3.74. The minimum atomic E-state index is -1.25. The molecule has 2 amide bonds. The van der Waals surface area contributed by atoms with Crippen LogP contribution in [0, 0.1) is 24.0 Å². The maximum absolute atomic E-state index is 13.7. The van der Waals surface area contributed by atoms with Gasteiger partial charge in [-0.1, -0.05) is 47.5 Å². The van der Waals surface area contributed by atoms with Crippen LogP contribution in [-0.2, 0) is 22.4 Å². The molecule has 4 rings (SSSR count). The summed E-state index contributed by atoms with van der Waals surface area (Å²) >= 11 is 0. The number of nitro groups is 1. The van der Waals surface area contributed by atoms with Gasteiger partial charge in [-0.25, -0.2) is 4.79 Å². The van der Waals surface area contributed by atoms with Crippen molar-refractivity contribution in [1.82, 2.24) is 15.2 Å². The van der Waals surface area contributed by atoms with E-state index in [4.69, 9.17) is 0 Å². The van der Waals surface area contributed by atoms with E-state index >= 15 is 0 Å². The van der Waals surface area contributed by atoms with E-state index in [1.807, 2.05) is 44.2 Å². The van der Waals surface area contributed by atoms with Crippen LogP contribution in [0.2, 0.25) is 0 Å². The molecule has 0 unspecified atom stereocenters. The fourth-order valence-corrected chi connectivity index (χ4v) is 4.81. The summed E-state index contributed by atoms with van der Waals surface area (Å²) in [5.74, 6) is -2.26. The first-order chi connectivity index (χ1) is 19.0. The number of hydrogen-bond acceptors (Lipinski definition) is 5. The normalized spacial score (nSPS) is 12.5. The van der Waals surface area contributed by atoms with Crippen molar-refractivity contribution in [2.45, 2.75) is 38.8 Å². The number of benzene rings is 3. The predicted octanol–water partition coefficient (Wildman–Crippen LogP) is 4.19. The van der Waals surface area contributed by atoms with Gasteiger partial charge in [-0.3, -0.25) is 19.7 Å². The van der Waals surface area contributed by atoms with E-state index in [-0.39, 0.29) is 18.5 Å². The number of nitrogens with zero attached hydrogens (tertiary/aromatic N) is 2. The van der Waals surface area contributed by atoms with E-state index in [0.29, 0.717) is 11.1 Å². The molecule has 0 radical (unpaired) electrons. The molecule has 40 heavy (non-hydrogen) atoms. The van der Waals surface area contributed by atoms with E-state index < -0.39 is 34.8 Å². The van der Waals surface area contributed by atoms with Crippen LogP contribution in [-0.4, -0.2) is 56.8 Å². The topological polar surface area (TPSA) is 146 Å². The van der Waals surface area contributed by atoms with Crippen molar-refractivity contribution in [3.63, 3.8) is 0 Å². The number of rotatable bonds is 10. The Labute approximate surface area is 230 Å². The van der Waals surface area contributed by atoms with Crippen LogP contribution in [0.25, 0.3) is 10.9 Å². The Hall–Kier alpha value is -4.99. The SMILES string of the molecule is Cc1cc(C)cc(C(=O)N(C)[C@@H](Cc2ccc([N+](=O)[O-])cc2)C(=O)N[C@@H](Cc2c[nH]c3ccccc23)C(=O)O)c1. The Morgan fingerprint density at radius 3 is 2.27 bits per heavy atom. The van der Waals surface area contributed by atoms with Crippen LogP contribution in [0.3, 0.4) is 0 Å². The van der Waals surface area contributed by atoms with Crippen molar-refractivity contribution in [2.24, 2.45) is 0 Å². The van der Waals surface area contributed by atoms with Gasteiger partial charge in [-0.05, 0) is 43.2 Å². The average molecular weight is 543 g/mol. The molecular weight excluding hydrogens is 512 g/mol. The molecule has 1 aromatic heterocycles. The zero-order valence-electron chi connectivity index (χ0n) is 22.4. The Kier molecular flexibility index (Phi) is 8.28. The number of carbonyl (C=O) groups is 3. The molecule has 4 aromatic rings. The number of likely N-dealkylation sites (N-methyl/N-ethyl adjacent to an activating group) is 1. The minimum absolute atomic E-state index is 0.0241. The Balaban J connectivity index is 1.62.